The standard InChI is InChI=1S/C33H38N2O2/c1-7-22(2)31(33(36)35(5)6)19-23(3)30-20-26(37-32-18-11-10-16-29(30)32)21-34-24(4)27-17-12-14-25-13-8-9-15-28(25)27/h7-19,24,26,30,34H,3,20-21H2,1-2,4-6H3/b22-7-,31-19+/t24-,26-,30+/m1/s1. The molecule has 1 heterocycles. The molecule has 0 aliphatic carbocycles. The van der Waals surface area contributed by atoms with Gasteiger partial charge in [0.05, 0.1) is 0 Å². The number of rotatable bonds is 8. The number of nitrogens with zero attached hydrogens (tertiary/aromatic N) is 1. The van der Waals surface area contributed by atoms with Gasteiger partial charge >= 0.3 is 0 Å². The number of ether oxygens (including phenoxy) is 1. The van der Waals surface area contributed by atoms with Crippen LogP contribution in [0, 0.1) is 0 Å². The van der Waals surface area contributed by atoms with E-state index in [1.807, 2.05) is 44.2 Å². The summed E-state index contributed by atoms with van der Waals surface area (Å²) in [5, 5.41) is 6.23. The third kappa shape index (κ3) is 5.86. The number of carbonyl (C=O) groups is 1. The van der Waals surface area contributed by atoms with Crippen LogP contribution in [0.2, 0.25) is 0 Å². The molecule has 0 aromatic heterocycles. The van der Waals surface area contributed by atoms with E-state index in [1.165, 1.54) is 16.3 Å². The number of fused-ring (bicyclic) bond motifs is 2. The van der Waals surface area contributed by atoms with E-state index in [0.717, 1.165) is 28.9 Å². The number of hydrogen-bond donors (Lipinski definition) is 1. The molecule has 0 unspecified atom stereocenters. The van der Waals surface area contributed by atoms with Crippen LogP contribution in [0.15, 0.2) is 102 Å². The fourth-order valence-electron chi connectivity index (χ4n) is 5.04. The Bertz CT molecular complexity index is 1350. The Hall–Kier alpha value is -3.63. The Kier molecular flexibility index (Phi) is 8.30. The van der Waals surface area contributed by atoms with Crippen molar-refractivity contribution >= 4 is 16.7 Å². The molecule has 192 valence electrons. The Morgan fingerprint density at radius 1 is 1.11 bits per heavy atom. The van der Waals surface area contributed by atoms with Gasteiger partial charge in [-0.25, -0.2) is 0 Å². The first-order chi connectivity index (χ1) is 17.8. The average Bonchev–Trinajstić information content (AvgIpc) is 2.92. The summed E-state index contributed by atoms with van der Waals surface area (Å²) in [5.41, 5.74) is 4.96. The maximum atomic E-state index is 12.9. The van der Waals surface area contributed by atoms with Crippen molar-refractivity contribution in [2.24, 2.45) is 0 Å². The number of para-hydroxylation sites is 1. The highest BCUT2D eigenvalue weighted by molar-refractivity contribution is 5.97. The Labute approximate surface area is 221 Å². The van der Waals surface area contributed by atoms with Gasteiger partial charge in [-0.2, -0.15) is 0 Å². The molecule has 0 bridgehead atoms. The molecular weight excluding hydrogens is 456 g/mol. The van der Waals surface area contributed by atoms with E-state index in [1.54, 1.807) is 19.0 Å². The van der Waals surface area contributed by atoms with Crippen molar-refractivity contribution in [3.63, 3.8) is 0 Å². The lowest BCUT2D eigenvalue weighted by atomic mass is 9.83. The summed E-state index contributed by atoms with van der Waals surface area (Å²) in [5.74, 6) is 0.944. The summed E-state index contributed by atoms with van der Waals surface area (Å²) in [6.07, 6.45) is 4.71. The number of likely N-dealkylation sites (N-methyl/N-ethyl adjacent to an activating group) is 1. The monoisotopic (exact) mass is 494 g/mol. The fourth-order valence-corrected chi connectivity index (χ4v) is 5.04. The average molecular weight is 495 g/mol. The first-order valence-electron chi connectivity index (χ1n) is 13.0. The molecule has 3 aromatic rings. The smallest absolute Gasteiger partial charge is 0.253 e. The van der Waals surface area contributed by atoms with Crippen molar-refractivity contribution in [2.45, 2.75) is 45.3 Å². The van der Waals surface area contributed by atoms with Gasteiger partial charge in [-0.3, -0.25) is 4.79 Å². The van der Waals surface area contributed by atoms with Crippen LogP contribution >= 0.6 is 0 Å². The fraction of sp³-hybridized carbons (Fsp3) is 0.303. The summed E-state index contributed by atoms with van der Waals surface area (Å²) in [6.45, 7) is 11.3. The number of amides is 1. The van der Waals surface area contributed by atoms with Gasteiger partial charge in [0.15, 0.2) is 0 Å². The Morgan fingerprint density at radius 2 is 1.81 bits per heavy atom. The molecule has 1 aliphatic rings. The highest BCUT2D eigenvalue weighted by Gasteiger charge is 2.30. The Balaban J connectivity index is 1.56. The normalized spacial score (nSPS) is 18.6. The zero-order valence-corrected chi connectivity index (χ0v) is 22.6. The minimum atomic E-state index is -0.0155. The predicted molar refractivity (Wildman–Crippen MR) is 154 cm³/mol. The third-order valence-corrected chi connectivity index (χ3v) is 7.30. The van der Waals surface area contributed by atoms with Gasteiger partial charge < -0.3 is 15.0 Å². The maximum Gasteiger partial charge on any atom is 0.253 e. The van der Waals surface area contributed by atoms with Gasteiger partial charge in [0.25, 0.3) is 5.91 Å². The van der Waals surface area contributed by atoms with Crippen LogP contribution in [-0.2, 0) is 4.79 Å². The Morgan fingerprint density at radius 3 is 2.57 bits per heavy atom. The highest BCUT2D eigenvalue weighted by Crippen LogP contribution is 2.41. The summed E-state index contributed by atoms with van der Waals surface area (Å²) in [4.78, 5) is 14.5. The molecule has 1 amide bonds. The lowest BCUT2D eigenvalue weighted by Gasteiger charge is -2.34. The molecule has 1 N–H and O–H groups in total. The quantitative estimate of drug-likeness (QED) is 0.272. The molecule has 4 nitrogen and oxygen atoms in total. The van der Waals surface area contributed by atoms with E-state index in [2.05, 4.69) is 67.4 Å². The lowest BCUT2D eigenvalue weighted by molar-refractivity contribution is -0.124. The van der Waals surface area contributed by atoms with E-state index in [4.69, 9.17) is 4.74 Å². The molecule has 0 spiro atoms. The van der Waals surface area contributed by atoms with Crippen LogP contribution in [0.25, 0.3) is 10.8 Å². The molecule has 37 heavy (non-hydrogen) atoms. The first kappa shape index (κ1) is 26.4. The minimum absolute atomic E-state index is 0.0146. The van der Waals surface area contributed by atoms with Crippen LogP contribution in [0.1, 0.15) is 50.3 Å². The van der Waals surface area contributed by atoms with E-state index < -0.39 is 0 Å². The molecule has 0 radical (unpaired) electrons. The second kappa shape index (κ2) is 11.6. The zero-order valence-electron chi connectivity index (χ0n) is 22.6. The zero-order chi connectivity index (χ0) is 26.5. The van der Waals surface area contributed by atoms with Crippen molar-refractivity contribution in [1.82, 2.24) is 10.2 Å². The number of benzene rings is 3. The van der Waals surface area contributed by atoms with Gasteiger partial charge in [-0.15, -0.1) is 0 Å². The van der Waals surface area contributed by atoms with Gasteiger partial charge in [0.1, 0.15) is 11.9 Å². The van der Waals surface area contributed by atoms with Gasteiger partial charge in [-0.1, -0.05) is 73.3 Å². The van der Waals surface area contributed by atoms with Crippen molar-refractivity contribution < 1.29 is 9.53 Å². The van der Waals surface area contributed by atoms with Gasteiger partial charge in [0.2, 0.25) is 0 Å². The minimum Gasteiger partial charge on any atom is -0.489 e. The summed E-state index contributed by atoms with van der Waals surface area (Å²) in [6, 6.07) is 23.3. The molecule has 4 heteroatoms. The van der Waals surface area contributed by atoms with Crippen LogP contribution in [-0.4, -0.2) is 37.6 Å². The molecule has 3 atom stereocenters. The highest BCUT2D eigenvalue weighted by atomic mass is 16.5. The maximum absolute atomic E-state index is 12.9. The molecule has 1 aliphatic heterocycles. The number of carbonyl (C=O) groups excluding carboxylic acids is 1. The number of allylic oxidation sites excluding steroid dienone is 3. The largest absolute Gasteiger partial charge is 0.489 e. The van der Waals surface area contributed by atoms with Crippen LogP contribution in [0.4, 0.5) is 0 Å². The van der Waals surface area contributed by atoms with Gasteiger partial charge in [-0.05, 0) is 66.8 Å². The van der Waals surface area contributed by atoms with Crippen molar-refractivity contribution in [3.8, 4) is 5.75 Å². The number of hydrogen-bond acceptors (Lipinski definition) is 3. The molecule has 3 aromatic carbocycles. The van der Waals surface area contributed by atoms with Crippen LogP contribution in [0.3, 0.4) is 0 Å². The second-order valence-electron chi connectivity index (χ2n) is 10.1. The van der Waals surface area contributed by atoms with Gasteiger partial charge in [0, 0.05) is 43.7 Å². The molecule has 0 saturated heterocycles. The molecular formula is C33H38N2O2. The second-order valence-corrected chi connectivity index (χ2v) is 10.1. The summed E-state index contributed by atoms with van der Waals surface area (Å²) >= 11 is 0. The summed E-state index contributed by atoms with van der Waals surface area (Å²) in [7, 11) is 3.56. The third-order valence-electron chi connectivity index (χ3n) is 7.30. The molecule has 4 rings (SSSR count). The number of nitrogens with one attached hydrogen (secondary N) is 1. The van der Waals surface area contributed by atoms with E-state index in [-0.39, 0.29) is 24.0 Å². The van der Waals surface area contributed by atoms with Crippen LogP contribution < -0.4 is 10.1 Å². The van der Waals surface area contributed by atoms with Crippen molar-refractivity contribution in [2.75, 3.05) is 20.6 Å². The van der Waals surface area contributed by atoms with Crippen LogP contribution in [0.5, 0.6) is 5.75 Å². The predicted octanol–water partition coefficient (Wildman–Crippen LogP) is 6.96. The van der Waals surface area contributed by atoms with Crippen molar-refractivity contribution in [1.29, 1.82) is 0 Å². The SMILES string of the molecule is C=C(/C=C(C(=O)N(C)C)\C(C)=C/C)[C@@H]1C[C@H](CN[C@H](C)c2cccc3ccccc23)Oc2ccccc21. The van der Waals surface area contributed by atoms with E-state index >= 15 is 0 Å². The lowest BCUT2D eigenvalue weighted by Crippen LogP contribution is -2.37. The topological polar surface area (TPSA) is 41.6 Å². The van der Waals surface area contributed by atoms with E-state index in [0.29, 0.717) is 12.1 Å². The molecule has 0 saturated carbocycles. The first-order valence-corrected chi connectivity index (χ1v) is 13.0. The van der Waals surface area contributed by atoms with E-state index in [9.17, 15) is 4.79 Å². The molecule has 0 fully saturated rings. The van der Waals surface area contributed by atoms with Crippen molar-refractivity contribution in [3.05, 3.63) is 113 Å². The summed E-state index contributed by atoms with van der Waals surface area (Å²) < 4.78 is 6.43.